The lowest BCUT2D eigenvalue weighted by atomic mass is 10.1. The summed E-state index contributed by atoms with van der Waals surface area (Å²) in [4.78, 5) is 0. The van der Waals surface area contributed by atoms with Crippen LogP contribution < -0.4 is 5.32 Å². The Balaban J connectivity index is 2.66. The van der Waals surface area contributed by atoms with Crippen molar-refractivity contribution in [3.63, 3.8) is 0 Å². The second-order valence-corrected chi connectivity index (χ2v) is 6.94. The Hall–Kier alpha value is -0.250. The molecule has 108 valence electrons. The number of rotatable bonds is 8. The summed E-state index contributed by atoms with van der Waals surface area (Å²) in [5.74, 6) is 0.690. The van der Waals surface area contributed by atoms with Gasteiger partial charge in [0.25, 0.3) is 0 Å². The molecule has 0 spiro atoms. The first-order valence-electron chi connectivity index (χ1n) is 6.82. The maximum absolute atomic E-state index is 13.4. The van der Waals surface area contributed by atoms with Gasteiger partial charge in [-0.25, -0.2) is 4.39 Å². The Morgan fingerprint density at radius 3 is 2.74 bits per heavy atom. The molecule has 19 heavy (non-hydrogen) atoms. The van der Waals surface area contributed by atoms with Gasteiger partial charge in [-0.3, -0.25) is 0 Å². The lowest BCUT2D eigenvalue weighted by Gasteiger charge is -2.20. The summed E-state index contributed by atoms with van der Waals surface area (Å²) in [5, 5.41) is 4.39. The van der Waals surface area contributed by atoms with E-state index in [0.29, 0.717) is 11.3 Å². The van der Waals surface area contributed by atoms with Gasteiger partial charge in [-0.1, -0.05) is 44.5 Å². The number of halogens is 2. The van der Waals surface area contributed by atoms with Crippen LogP contribution in [0.3, 0.4) is 0 Å². The van der Waals surface area contributed by atoms with E-state index in [0.717, 1.165) is 30.7 Å². The van der Waals surface area contributed by atoms with E-state index in [4.69, 9.17) is 11.6 Å². The molecule has 0 heterocycles. The molecule has 0 aliphatic rings. The Morgan fingerprint density at radius 1 is 1.37 bits per heavy atom. The van der Waals surface area contributed by atoms with E-state index >= 15 is 0 Å². The Bertz CT molecular complexity index is 384. The standard InChI is InChI=1S/C15H23ClFNS/c1-4-8-18-13(10-19-11(2)3)9-12-6-5-7-14(17)15(12)16/h5-7,11,13,18H,4,8-10H2,1-3H3. The van der Waals surface area contributed by atoms with Gasteiger partial charge in [-0.2, -0.15) is 11.8 Å². The molecule has 0 fully saturated rings. The van der Waals surface area contributed by atoms with Gasteiger partial charge in [0.15, 0.2) is 0 Å². The highest BCUT2D eigenvalue weighted by molar-refractivity contribution is 7.99. The summed E-state index contributed by atoms with van der Waals surface area (Å²) >= 11 is 7.94. The third-order valence-corrected chi connectivity index (χ3v) is 4.50. The molecule has 0 radical (unpaired) electrons. The third-order valence-electron chi connectivity index (χ3n) is 2.81. The first-order valence-corrected chi connectivity index (χ1v) is 8.25. The summed E-state index contributed by atoms with van der Waals surface area (Å²) in [6, 6.07) is 5.38. The van der Waals surface area contributed by atoms with E-state index in [-0.39, 0.29) is 10.8 Å². The number of hydrogen-bond donors (Lipinski definition) is 1. The molecule has 0 bridgehead atoms. The summed E-state index contributed by atoms with van der Waals surface area (Å²) < 4.78 is 13.4. The van der Waals surface area contributed by atoms with Crippen molar-refractivity contribution in [2.45, 2.75) is 44.9 Å². The predicted octanol–water partition coefficient (Wildman–Crippen LogP) is 4.53. The van der Waals surface area contributed by atoms with Crippen LogP contribution in [-0.2, 0) is 6.42 Å². The molecule has 0 saturated carbocycles. The smallest absolute Gasteiger partial charge is 0.142 e. The molecule has 1 aromatic rings. The number of nitrogens with one attached hydrogen (secondary N) is 1. The molecule has 0 aromatic heterocycles. The molecule has 0 aliphatic heterocycles. The molecule has 1 rings (SSSR count). The van der Waals surface area contributed by atoms with Gasteiger partial charge in [0.05, 0.1) is 5.02 Å². The fourth-order valence-corrected chi connectivity index (χ4v) is 2.87. The fraction of sp³-hybridized carbons (Fsp3) is 0.600. The molecule has 1 nitrogen and oxygen atoms in total. The topological polar surface area (TPSA) is 12.0 Å². The van der Waals surface area contributed by atoms with Crippen LogP contribution in [0.4, 0.5) is 4.39 Å². The molecule has 4 heteroatoms. The van der Waals surface area contributed by atoms with E-state index < -0.39 is 0 Å². The summed E-state index contributed by atoms with van der Waals surface area (Å²) in [6.45, 7) is 7.51. The van der Waals surface area contributed by atoms with Gasteiger partial charge in [0, 0.05) is 11.8 Å². The molecule has 0 saturated heterocycles. The normalized spacial score (nSPS) is 12.9. The van der Waals surface area contributed by atoms with E-state index in [9.17, 15) is 4.39 Å². The summed E-state index contributed by atoms with van der Waals surface area (Å²) in [5.41, 5.74) is 0.889. The van der Waals surface area contributed by atoms with Crippen LogP contribution in [0.2, 0.25) is 5.02 Å². The van der Waals surface area contributed by atoms with Crippen molar-refractivity contribution in [3.8, 4) is 0 Å². The van der Waals surface area contributed by atoms with Gasteiger partial charge in [-0.15, -0.1) is 0 Å². The van der Waals surface area contributed by atoms with Gasteiger partial charge in [-0.05, 0) is 36.3 Å². The minimum atomic E-state index is -0.329. The quantitative estimate of drug-likeness (QED) is 0.757. The Morgan fingerprint density at radius 2 is 2.11 bits per heavy atom. The molecule has 1 unspecified atom stereocenters. The first-order chi connectivity index (χ1) is 9.04. The maximum Gasteiger partial charge on any atom is 0.142 e. The van der Waals surface area contributed by atoms with Crippen LogP contribution in [0.25, 0.3) is 0 Å². The minimum Gasteiger partial charge on any atom is -0.313 e. The van der Waals surface area contributed by atoms with Crippen molar-refractivity contribution in [3.05, 3.63) is 34.6 Å². The molecule has 0 amide bonds. The van der Waals surface area contributed by atoms with Crippen LogP contribution in [-0.4, -0.2) is 23.6 Å². The fourth-order valence-electron chi connectivity index (χ4n) is 1.82. The van der Waals surface area contributed by atoms with Crippen LogP contribution >= 0.6 is 23.4 Å². The second-order valence-electron chi connectivity index (χ2n) is 4.95. The van der Waals surface area contributed by atoms with Crippen molar-refractivity contribution < 1.29 is 4.39 Å². The highest BCUT2D eigenvalue weighted by Gasteiger charge is 2.13. The average Bonchev–Trinajstić information content (AvgIpc) is 2.37. The summed E-state index contributed by atoms with van der Waals surface area (Å²) in [7, 11) is 0. The first kappa shape index (κ1) is 16.8. The number of thioether (sulfide) groups is 1. The molecule has 1 N–H and O–H groups in total. The monoisotopic (exact) mass is 303 g/mol. The van der Waals surface area contributed by atoms with E-state index in [2.05, 4.69) is 26.1 Å². The maximum atomic E-state index is 13.4. The van der Waals surface area contributed by atoms with Crippen molar-refractivity contribution in [2.24, 2.45) is 0 Å². The highest BCUT2D eigenvalue weighted by atomic mass is 35.5. The zero-order valence-corrected chi connectivity index (χ0v) is 13.5. The van der Waals surface area contributed by atoms with Crippen molar-refractivity contribution in [1.82, 2.24) is 5.32 Å². The van der Waals surface area contributed by atoms with Crippen LogP contribution in [0.1, 0.15) is 32.8 Å². The van der Waals surface area contributed by atoms with Crippen LogP contribution in [0.15, 0.2) is 18.2 Å². The Labute approximate surface area is 125 Å². The molecular weight excluding hydrogens is 281 g/mol. The van der Waals surface area contributed by atoms with Crippen molar-refractivity contribution in [2.75, 3.05) is 12.3 Å². The lowest BCUT2D eigenvalue weighted by Crippen LogP contribution is -2.34. The van der Waals surface area contributed by atoms with Gasteiger partial charge in [0.2, 0.25) is 0 Å². The predicted molar refractivity (Wildman–Crippen MR) is 84.8 cm³/mol. The second kappa shape index (κ2) is 8.83. The molecule has 1 aromatic carbocycles. The third kappa shape index (κ3) is 6.15. The molecular formula is C15H23ClFNS. The largest absolute Gasteiger partial charge is 0.313 e. The van der Waals surface area contributed by atoms with Gasteiger partial charge in [0.1, 0.15) is 5.82 Å². The van der Waals surface area contributed by atoms with Crippen molar-refractivity contribution in [1.29, 1.82) is 0 Å². The van der Waals surface area contributed by atoms with E-state index in [1.54, 1.807) is 6.07 Å². The van der Waals surface area contributed by atoms with Crippen LogP contribution in [0.5, 0.6) is 0 Å². The lowest BCUT2D eigenvalue weighted by molar-refractivity contribution is 0.547. The van der Waals surface area contributed by atoms with Crippen LogP contribution in [0, 0.1) is 5.82 Å². The minimum absolute atomic E-state index is 0.264. The van der Waals surface area contributed by atoms with Gasteiger partial charge >= 0.3 is 0 Å². The highest BCUT2D eigenvalue weighted by Crippen LogP contribution is 2.22. The molecule has 0 aliphatic carbocycles. The summed E-state index contributed by atoms with van der Waals surface area (Å²) in [6.07, 6.45) is 1.87. The van der Waals surface area contributed by atoms with Gasteiger partial charge < -0.3 is 5.32 Å². The average molecular weight is 304 g/mol. The number of hydrogen-bond acceptors (Lipinski definition) is 2. The Kier molecular flexibility index (Phi) is 7.81. The van der Waals surface area contributed by atoms with E-state index in [1.807, 2.05) is 17.8 Å². The van der Waals surface area contributed by atoms with E-state index in [1.165, 1.54) is 6.07 Å². The van der Waals surface area contributed by atoms with Crippen molar-refractivity contribution >= 4 is 23.4 Å². The molecule has 1 atom stereocenters. The SMILES string of the molecule is CCCNC(CSC(C)C)Cc1cccc(F)c1Cl. The number of benzene rings is 1. The zero-order valence-electron chi connectivity index (χ0n) is 11.9. The zero-order chi connectivity index (χ0) is 14.3.